The highest BCUT2D eigenvalue weighted by Gasteiger charge is 2.20. The molecule has 0 saturated carbocycles. The molecule has 1 heterocycles. The third kappa shape index (κ3) is 2.77. The maximum Gasteiger partial charge on any atom is 0.231 e. The Labute approximate surface area is 112 Å². The van der Waals surface area contributed by atoms with Crippen molar-refractivity contribution in [2.24, 2.45) is 5.73 Å². The lowest BCUT2D eigenvalue weighted by atomic mass is 10.1. The van der Waals surface area contributed by atoms with Gasteiger partial charge in [-0.1, -0.05) is 23.8 Å². The van der Waals surface area contributed by atoms with Gasteiger partial charge in [0.2, 0.25) is 6.79 Å². The second-order valence-electron chi connectivity index (χ2n) is 4.36. The zero-order valence-corrected chi connectivity index (χ0v) is 11.1. The zero-order valence-electron chi connectivity index (χ0n) is 10.3. The zero-order chi connectivity index (χ0) is 13.1. The van der Waals surface area contributed by atoms with Gasteiger partial charge in [-0.05, 0) is 24.6 Å². The molecule has 0 aliphatic carbocycles. The first-order valence-electron chi connectivity index (χ1n) is 5.78. The smallest absolute Gasteiger partial charge is 0.231 e. The van der Waals surface area contributed by atoms with Gasteiger partial charge >= 0.3 is 0 Å². The van der Waals surface area contributed by atoms with Crippen molar-refractivity contribution in [2.45, 2.75) is 13.0 Å². The summed E-state index contributed by atoms with van der Waals surface area (Å²) in [4.78, 5) is 0. The summed E-state index contributed by atoms with van der Waals surface area (Å²) in [7, 11) is 0. The lowest BCUT2D eigenvalue weighted by molar-refractivity contribution is 0.174. The molecule has 18 heavy (non-hydrogen) atoms. The van der Waals surface area contributed by atoms with Gasteiger partial charge in [-0.25, -0.2) is 0 Å². The second kappa shape index (κ2) is 5.61. The lowest BCUT2D eigenvalue weighted by Crippen LogP contribution is -2.29. The summed E-state index contributed by atoms with van der Waals surface area (Å²) in [6.45, 7) is 7.23. The molecule has 1 aromatic rings. The lowest BCUT2D eigenvalue weighted by Gasteiger charge is -2.18. The first-order valence-corrected chi connectivity index (χ1v) is 6.16. The van der Waals surface area contributed by atoms with Crippen molar-refractivity contribution in [3.05, 3.63) is 34.9 Å². The Morgan fingerprint density at radius 3 is 3.00 bits per heavy atom. The van der Waals surface area contributed by atoms with Gasteiger partial charge in [-0.2, -0.15) is 0 Å². The van der Waals surface area contributed by atoms with E-state index in [0.29, 0.717) is 29.6 Å². The number of ether oxygens (including phenoxy) is 2. The van der Waals surface area contributed by atoms with E-state index < -0.39 is 0 Å². The SMILES string of the molecule is C=C(C)CNC(CN)c1cc(Cl)c2c(c1)OCO2. The standard InChI is InChI=1S/C13H17ClN2O2/c1-8(2)6-16-11(5-15)9-3-10(14)13-12(4-9)17-7-18-13/h3-4,11,16H,1,5-7,15H2,2H3. The average Bonchev–Trinajstić information content (AvgIpc) is 2.78. The molecule has 0 bridgehead atoms. The number of halogens is 1. The predicted molar refractivity (Wildman–Crippen MR) is 72.2 cm³/mol. The molecule has 0 radical (unpaired) electrons. The van der Waals surface area contributed by atoms with E-state index in [1.165, 1.54) is 0 Å². The Morgan fingerprint density at radius 2 is 2.33 bits per heavy atom. The molecule has 4 nitrogen and oxygen atoms in total. The third-order valence-electron chi connectivity index (χ3n) is 2.74. The largest absolute Gasteiger partial charge is 0.454 e. The molecule has 5 heteroatoms. The van der Waals surface area contributed by atoms with Crippen molar-refractivity contribution >= 4 is 11.6 Å². The molecule has 1 atom stereocenters. The van der Waals surface area contributed by atoms with Crippen LogP contribution in [0.25, 0.3) is 0 Å². The minimum Gasteiger partial charge on any atom is -0.454 e. The van der Waals surface area contributed by atoms with Crippen molar-refractivity contribution in [1.29, 1.82) is 0 Å². The van der Waals surface area contributed by atoms with Crippen molar-refractivity contribution in [3.8, 4) is 11.5 Å². The van der Waals surface area contributed by atoms with Gasteiger partial charge in [-0.15, -0.1) is 0 Å². The van der Waals surface area contributed by atoms with E-state index in [9.17, 15) is 0 Å². The Balaban J connectivity index is 2.20. The highest BCUT2D eigenvalue weighted by molar-refractivity contribution is 6.32. The Bertz CT molecular complexity index is 463. The number of hydrogen-bond donors (Lipinski definition) is 2. The predicted octanol–water partition coefficient (Wildman–Crippen LogP) is 2.23. The normalized spacial score (nSPS) is 14.6. The van der Waals surface area contributed by atoms with Crippen molar-refractivity contribution in [2.75, 3.05) is 19.9 Å². The van der Waals surface area contributed by atoms with E-state index in [-0.39, 0.29) is 12.8 Å². The van der Waals surface area contributed by atoms with Crippen LogP contribution in [0.2, 0.25) is 5.02 Å². The highest BCUT2D eigenvalue weighted by Crippen LogP contribution is 2.40. The molecular formula is C13H17ClN2O2. The molecule has 2 rings (SSSR count). The summed E-state index contributed by atoms with van der Waals surface area (Å²) in [5.74, 6) is 1.28. The fourth-order valence-corrected chi connectivity index (χ4v) is 2.10. The van der Waals surface area contributed by atoms with Crippen molar-refractivity contribution < 1.29 is 9.47 Å². The molecule has 0 amide bonds. The molecule has 1 aliphatic heterocycles. The van der Waals surface area contributed by atoms with Crippen molar-refractivity contribution in [1.82, 2.24) is 5.32 Å². The van der Waals surface area contributed by atoms with Gasteiger partial charge in [0.25, 0.3) is 0 Å². The maximum absolute atomic E-state index is 6.15. The average molecular weight is 269 g/mol. The first-order chi connectivity index (χ1) is 8.61. The molecule has 98 valence electrons. The Hall–Kier alpha value is -1.23. The van der Waals surface area contributed by atoms with Crippen LogP contribution < -0.4 is 20.5 Å². The van der Waals surface area contributed by atoms with Gasteiger partial charge in [0, 0.05) is 19.1 Å². The van der Waals surface area contributed by atoms with Crippen LogP contribution in [0.4, 0.5) is 0 Å². The third-order valence-corrected chi connectivity index (χ3v) is 3.02. The van der Waals surface area contributed by atoms with Gasteiger partial charge in [0.15, 0.2) is 11.5 Å². The summed E-state index contributed by atoms with van der Waals surface area (Å²) < 4.78 is 10.6. The van der Waals surface area contributed by atoms with Crippen LogP contribution in [-0.4, -0.2) is 19.9 Å². The topological polar surface area (TPSA) is 56.5 Å². The summed E-state index contributed by atoms with van der Waals surface area (Å²) in [6, 6.07) is 3.79. The minimum absolute atomic E-state index is 0.0219. The minimum atomic E-state index is 0.0219. The second-order valence-corrected chi connectivity index (χ2v) is 4.77. The summed E-state index contributed by atoms with van der Waals surface area (Å²) in [5.41, 5.74) is 7.83. The van der Waals surface area contributed by atoms with Crippen LogP contribution >= 0.6 is 11.6 Å². The molecule has 0 saturated heterocycles. The molecule has 1 aromatic carbocycles. The van der Waals surface area contributed by atoms with Crippen LogP contribution in [0.5, 0.6) is 11.5 Å². The summed E-state index contributed by atoms with van der Waals surface area (Å²) >= 11 is 6.15. The van der Waals surface area contributed by atoms with Gasteiger partial charge in [0.1, 0.15) is 0 Å². The molecule has 0 fully saturated rings. The Kier molecular flexibility index (Phi) is 4.11. The molecule has 0 spiro atoms. The number of nitrogens with two attached hydrogens (primary N) is 1. The number of benzene rings is 1. The number of hydrogen-bond acceptors (Lipinski definition) is 4. The van der Waals surface area contributed by atoms with E-state index >= 15 is 0 Å². The number of nitrogens with one attached hydrogen (secondary N) is 1. The maximum atomic E-state index is 6.15. The van der Waals surface area contributed by atoms with Crippen LogP contribution in [0.1, 0.15) is 18.5 Å². The van der Waals surface area contributed by atoms with Gasteiger partial charge < -0.3 is 20.5 Å². The Morgan fingerprint density at radius 1 is 1.56 bits per heavy atom. The molecular weight excluding hydrogens is 252 g/mol. The van der Waals surface area contributed by atoms with Crippen LogP contribution in [0, 0.1) is 0 Å². The van der Waals surface area contributed by atoms with E-state index in [1.807, 2.05) is 19.1 Å². The molecule has 0 aromatic heterocycles. The fraction of sp³-hybridized carbons (Fsp3) is 0.385. The number of fused-ring (bicyclic) bond motifs is 1. The fourth-order valence-electron chi connectivity index (χ4n) is 1.82. The van der Waals surface area contributed by atoms with Gasteiger partial charge in [-0.3, -0.25) is 0 Å². The van der Waals surface area contributed by atoms with E-state index in [1.54, 1.807) is 0 Å². The summed E-state index contributed by atoms with van der Waals surface area (Å²) in [5, 5.41) is 3.88. The van der Waals surface area contributed by atoms with Crippen LogP contribution in [0.15, 0.2) is 24.3 Å². The van der Waals surface area contributed by atoms with E-state index in [0.717, 1.165) is 11.1 Å². The quantitative estimate of drug-likeness (QED) is 0.804. The van der Waals surface area contributed by atoms with Gasteiger partial charge in [0.05, 0.1) is 5.02 Å². The van der Waals surface area contributed by atoms with Crippen LogP contribution in [0.3, 0.4) is 0 Å². The van der Waals surface area contributed by atoms with E-state index in [4.69, 9.17) is 26.8 Å². The molecule has 1 aliphatic rings. The molecule has 1 unspecified atom stereocenters. The number of rotatable bonds is 5. The van der Waals surface area contributed by atoms with E-state index in [2.05, 4.69) is 11.9 Å². The molecule has 3 N–H and O–H groups in total. The monoisotopic (exact) mass is 268 g/mol. The van der Waals surface area contributed by atoms with Crippen LogP contribution in [-0.2, 0) is 0 Å². The highest BCUT2D eigenvalue weighted by atomic mass is 35.5. The summed E-state index contributed by atoms with van der Waals surface area (Å²) in [6.07, 6.45) is 0. The first kappa shape index (κ1) is 13.2. The van der Waals surface area contributed by atoms with Crippen molar-refractivity contribution in [3.63, 3.8) is 0 Å².